The van der Waals surface area contributed by atoms with Gasteiger partial charge in [0.25, 0.3) is 0 Å². The summed E-state index contributed by atoms with van der Waals surface area (Å²) in [4.78, 5) is 22.5. The van der Waals surface area contributed by atoms with E-state index in [-0.39, 0.29) is 5.91 Å². The maximum absolute atomic E-state index is 11.7. The molecule has 0 saturated heterocycles. The number of carboxylic acid groups (broad SMARTS) is 1. The van der Waals surface area contributed by atoms with E-state index >= 15 is 0 Å². The summed E-state index contributed by atoms with van der Waals surface area (Å²) in [5.41, 5.74) is 2.59. The van der Waals surface area contributed by atoms with E-state index < -0.39 is 18.1 Å². The van der Waals surface area contributed by atoms with Crippen molar-refractivity contribution in [2.24, 2.45) is 0 Å². The summed E-state index contributed by atoms with van der Waals surface area (Å²) >= 11 is 0. The number of amides is 1. The van der Waals surface area contributed by atoms with Crippen LogP contribution in [-0.2, 0) is 9.59 Å². The number of hydrogen-bond acceptors (Lipinski definition) is 3. The molecule has 0 bridgehead atoms. The van der Waals surface area contributed by atoms with Gasteiger partial charge in [-0.15, -0.1) is 0 Å². The first-order valence-electron chi connectivity index (χ1n) is 5.39. The maximum atomic E-state index is 11.7. The standard InChI is InChI=1S/C12H14N2O3/c1-6-3-4-9-8(5-6)10(11(15)14-9)13-7(2)12(16)17/h3-5,7,10,13H,1-2H3,(H,14,15)(H,16,17). The van der Waals surface area contributed by atoms with Crippen molar-refractivity contribution in [2.75, 3.05) is 5.32 Å². The minimum Gasteiger partial charge on any atom is -0.480 e. The first-order chi connectivity index (χ1) is 7.99. The fourth-order valence-electron chi connectivity index (χ4n) is 1.87. The molecule has 2 rings (SSSR count). The quantitative estimate of drug-likeness (QED) is 0.730. The van der Waals surface area contributed by atoms with E-state index in [1.807, 2.05) is 25.1 Å². The van der Waals surface area contributed by atoms with Gasteiger partial charge in [0, 0.05) is 11.3 Å². The van der Waals surface area contributed by atoms with Gasteiger partial charge in [0.2, 0.25) is 5.91 Å². The Hall–Kier alpha value is -1.88. The number of benzene rings is 1. The molecule has 0 aliphatic carbocycles. The van der Waals surface area contributed by atoms with E-state index in [1.165, 1.54) is 6.92 Å². The Morgan fingerprint density at radius 1 is 1.53 bits per heavy atom. The van der Waals surface area contributed by atoms with Crippen molar-refractivity contribution in [2.45, 2.75) is 25.9 Å². The zero-order valence-corrected chi connectivity index (χ0v) is 9.65. The number of aryl methyl sites for hydroxylation is 1. The summed E-state index contributed by atoms with van der Waals surface area (Å²) in [5.74, 6) is -1.18. The van der Waals surface area contributed by atoms with Crippen LogP contribution in [0, 0.1) is 6.92 Å². The van der Waals surface area contributed by atoms with Gasteiger partial charge < -0.3 is 10.4 Å². The number of carboxylic acids is 1. The van der Waals surface area contributed by atoms with Gasteiger partial charge in [-0.1, -0.05) is 17.7 Å². The summed E-state index contributed by atoms with van der Waals surface area (Å²) in [7, 11) is 0. The largest absolute Gasteiger partial charge is 0.480 e. The number of carbonyl (C=O) groups is 2. The normalized spacial score (nSPS) is 19.6. The van der Waals surface area contributed by atoms with Crippen LogP contribution in [0.5, 0.6) is 0 Å². The fourth-order valence-corrected chi connectivity index (χ4v) is 1.87. The molecule has 1 aromatic rings. The molecule has 0 spiro atoms. The highest BCUT2D eigenvalue weighted by atomic mass is 16.4. The lowest BCUT2D eigenvalue weighted by molar-refractivity contribution is -0.139. The lowest BCUT2D eigenvalue weighted by atomic mass is 10.0. The van der Waals surface area contributed by atoms with Crippen LogP contribution in [0.25, 0.3) is 0 Å². The van der Waals surface area contributed by atoms with E-state index in [0.717, 1.165) is 16.8 Å². The summed E-state index contributed by atoms with van der Waals surface area (Å²) in [6, 6.07) is 4.27. The van der Waals surface area contributed by atoms with Crippen molar-refractivity contribution in [3.8, 4) is 0 Å². The monoisotopic (exact) mass is 234 g/mol. The van der Waals surface area contributed by atoms with Gasteiger partial charge in [0.1, 0.15) is 12.1 Å². The van der Waals surface area contributed by atoms with Crippen LogP contribution in [0.15, 0.2) is 18.2 Å². The topological polar surface area (TPSA) is 78.4 Å². The van der Waals surface area contributed by atoms with E-state index in [4.69, 9.17) is 5.11 Å². The second-order valence-corrected chi connectivity index (χ2v) is 4.24. The number of carbonyl (C=O) groups excluding carboxylic acids is 1. The number of aliphatic carboxylic acids is 1. The minimum absolute atomic E-state index is 0.210. The smallest absolute Gasteiger partial charge is 0.320 e. The minimum atomic E-state index is -0.973. The zero-order chi connectivity index (χ0) is 12.6. The Kier molecular flexibility index (Phi) is 2.85. The van der Waals surface area contributed by atoms with Crippen LogP contribution in [0.2, 0.25) is 0 Å². The van der Waals surface area contributed by atoms with Gasteiger partial charge in [-0.2, -0.15) is 0 Å². The van der Waals surface area contributed by atoms with Gasteiger partial charge in [0.05, 0.1) is 0 Å². The average Bonchev–Trinajstić information content (AvgIpc) is 2.55. The first-order valence-corrected chi connectivity index (χ1v) is 5.39. The van der Waals surface area contributed by atoms with Crippen molar-refractivity contribution >= 4 is 17.6 Å². The Balaban J connectivity index is 2.28. The molecule has 0 aromatic heterocycles. The second kappa shape index (κ2) is 4.18. The molecule has 1 aromatic carbocycles. The summed E-state index contributed by atoms with van der Waals surface area (Å²) in [6.07, 6.45) is 0. The maximum Gasteiger partial charge on any atom is 0.320 e. The third kappa shape index (κ3) is 2.14. The van der Waals surface area contributed by atoms with Crippen LogP contribution in [0.1, 0.15) is 24.1 Å². The van der Waals surface area contributed by atoms with Gasteiger partial charge >= 0.3 is 5.97 Å². The molecule has 5 heteroatoms. The van der Waals surface area contributed by atoms with Crippen LogP contribution >= 0.6 is 0 Å². The molecule has 1 aliphatic rings. The SMILES string of the molecule is Cc1ccc2c(c1)C(NC(C)C(=O)O)C(=O)N2. The summed E-state index contributed by atoms with van der Waals surface area (Å²) in [6.45, 7) is 3.45. The molecule has 0 radical (unpaired) electrons. The molecule has 1 heterocycles. The predicted octanol–water partition coefficient (Wildman–Crippen LogP) is 1.05. The Morgan fingerprint density at radius 3 is 2.88 bits per heavy atom. The lowest BCUT2D eigenvalue weighted by Gasteiger charge is -2.15. The molecule has 0 fully saturated rings. The van der Waals surface area contributed by atoms with Crippen molar-refractivity contribution in [3.05, 3.63) is 29.3 Å². The predicted molar refractivity (Wildman–Crippen MR) is 62.8 cm³/mol. The number of anilines is 1. The van der Waals surface area contributed by atoms with Crippen LogP contribution in [0.3, 0.4) is 0 Å². The molecule has 2 atom stereocenters. The number of nitrogens with one attached hydrogen (secondary N) is 2. The molecule has 0 saturated carbocycles. The molecule has 3 N–H and O–H groups in total. The Labute approximate surface area is 98.8 Å². The molecule has 5 nitrogen and oxygen atoms in total. The fraction of sp³-hybridized carbons (Fsp3) is 0.333. The third-order valence-electron chi connectivity index (χ3n) is 2.83. The molecule has 1 amide bonds. The van der Waals surface area contributed by atoms with Crippen LogP contribution in [0.4, 0.5) is 5.69 Å². The van der Waals surface area contributed by atoms with E-state index in [2.05, 4.69) is 10.6 Å². The molecule has 2 unspecified atom stereocenters. The Bertz CT molecular complexity index is 485. The summed E-state index contributed by atoms with van der Waals surface area (Å²) < 4.78 is 0. The third-order valence-corrected chi connectivity index (χ3v) is 2.83. The van der Waals surface area contributed by atoms with E-state index in [1.54, 1.807) is 0 Å². The molecular weight excluding hydrogens is 220 g/mol. The highest BCUT2D eigenvalue weighted by molar-refractivity contribution is 6.02. The Morgan fingerprint density at radius 2 is 2.24 bits per heavy atom. The second-order valence-electron chi connectivity index (χ2n) is 4.24. The van der Waals surface area contributed by atoms with Crippen LogP contribution < -0.4 is 10.6 Å². The highest BCUT2D eigenvalue weighted by Crippen LogP contribution is 2.31. The van der Waals surface area contributed by atoms with Crippen molar-refractivity contribution in [1.29, 1.82) is 0 Å². The zero-order valence-electron chi connectivity index (χ0n) is 9.65. The highest BCUT2D eigenvalue weighted by Gasteiger charge is 2.32. The van der Waals surface area contributed by atoms with Crippen molar-refractivity contribution in [1.82, 2.24) is 5.32 Å². The number of hydrogen-bond donors (Lipinski definition) is 3. The molecule has 1 aliphatic heterocycles. The van der Waals surface area contributed by atoms with Crippen molar-refractivity contribution in [3.63, 3.8) is 0 Å². The van der Waals surface area contributed by atoms with Gasteiger partial charge in [-0.3, -0.25) is 14.9 Å². The van der Waals surface area contributed by atoms with Gasteiger partial charge in [-0.25, -0.2) is 0 Å². The average molecular weight is 234 g/mol. The molecular formula is C12H14N2O3. The number of rotatable bonds is 3. The van der Waals surface area contributed by atoms with Gasteiger partial charge in [-0.05, 0) is 19.9 Å². The lowest BCUT2D eigenvalue weighted by Crippen LogP contribution is -2.39. The van der Waals surface area contributed by atoms with E-state index in [0.29, 0.717) is 0 Å². The summed E-state index contributed by atoms with van der Waals surface area (Å²) in [5, 5.41) is 14.4. The number of fused-ring (bicyclic) bond motifs is 1. The molecule has 90 valence electrons. The van der Waals surface area contributed by atoms with E-state index in [9.17, 15) is 9.59 Å². The van der Waals surface area contributed by atoms with Crippen LogP contribution in [-0.4, -0.2) is 23.0 Å². The van der Waals surface area contributed by atoms with Gasteiger partial charge in [0.15, 0.2) is 0 Å². The first kappa shape index (κ1) is 11.6. The molecule has 17 heavy (non-hydrogen) atoms. The van der Waals surface area contributed by atoms with Crippen molar-refractivity contribution < 1.29 is 14.7 Å².